The summed E-state index contributed by atoms with van der Waals surface area (Å²) in [7, 11) is 0. The molecule has 3 nitrogen and oxygen atoms in total. The van der Waals surface area contributed by atoms with E-state index in [0.29, 0.717) is 5.92 Å². The average Bonchev–Trinajstić information content (AvgIpc) is 2.48. The first-order valence-corrected chi connectivity index (χ1v) is 8.22. The minimum absolute atomic E-state index is 0.411. The number of halogens is 1. The van der Waals surface area contributed by atoms with Crippen molar-refractivity contribution in [2.24, 2.45) is 0 Å². The topological polar surface area (TPSA) is 37.8 Å². The molecule has 1 aliphatic heterocycles. The van der Waals surface area contributed by atoms with E-state index in [1.165, 1.54) is 22.5 Å². The molecule has 2 heterocycles. The number of hydrogen-bond acceptors (Lipinski definition) is 3. The lowest BCUT2D eigenvalue weighted by atomic mass is 9.98. The summed E-state index contributed by atoms with van der Waals surface area (Å²) in [5.41, 5.74) is 5.99. The Morgan fingerprint density at radius 2 is 2.05 bits per heavy atom. The second-order valence-electron chi connectivity index (χ2n) is 5.90. The summed E-state index contributed by atoms with van der Waals surface area (Å²) in [4.78, 5) is 9.68. The van der Waals surface area contributed by atoms with Crippen LogP contribution < -0.4 is 5.32 Å². The maximum absolute atomic E-state index is 4.85. The van der Waals surface area contributed by atoms with Crippen LogP contribution in [0.15, 0.2) is 22.7 Å². The molecule has 1 N–H and O–H groups in total. The van der Waals surface area contributed by atoms with E-state index >= 15 is 0 Å². The van der Waals surface area contributed by atoms with Gasteiger partial charge in [0.1, 0.15) is 0 Å². The molecule has 110 valence electrons. The van der Waals surface area contributed by atoms with Crippen molar-refractivity contribution in [3.63, 3.8) is 0 Å². The first kappa shape index (κ1) is 14.7. The van der Waals surface area contributed by atoms with Gasteiger partial charge in [-0.2, -0.15) is 0 Å². The van der Waals surface area contributed by atoms with E-state index in [0.717, 1.165) is 35.4 Å². The fourth-order valence-electron chi connectivity index (χ4n) is 2.71. The van der Waals surface area contributed by atoms with Crippen LogP contribution in [0.1, 0.15) is 42.3 Å². The van der Waals surface area contributed by atoms with Crippen molar-refractivity contribution in [2.75, 3.05) is 6.54 Å². The Morgan fingerprint density at radius 3 is 2.76 bits per heavy atom. The highest BCUT2D eigenvalue weighted by atomic mass is 79.9. The van der Waals surface area contributed by atoms with Gasteiger partial charge >= 0.3 is 0 Å². The van der Waals surface area contributed by atoms with Gasteiger partial charge in [0.25, 0.3) is 0 Å². The zero-order chi connectivity index (χ0) is 15.0. The lowest BCUT2D eigenvalue weighted by Gasteiger charge is -2.22. The molecule has 0 amide bonds. The van der Waals surface area contributed by atoms with Gasteiger partial charge in [-0.25, -0.2) is 9.97 Å². The van der Waals surface area contributed by atoms with Crippen LogP contribution >= 0.6 is 15.9 Å². The van der Waals surface area contributed by atoms with Crippen LogP contribution in [-0.4, -0.2) is 16.5 Å². The van der Waals surface area contributed by atoms with Crippen molar-refractivity contribution in [3.8, 4) is 11.4 Å². The highest BCUT2D eigenvalue weighted by Crippen LogP contribution is 2.28. The minimum Gasteiger partial charge on any atom is -0.312 e. The van der Waals surface area contributed by atoms with Gasteiger partial charge in [-0.15, -0.1) is 0 Å². The summed E-state index contributed by atoms with van der Waals surface area (Å²) in [5.74, 6) is 1.26. The molecule has 2 aromatic rings. The molecule has 0 unspecified atom stereocenters. The molecule has 0 radical (unpaired) electrons. The van der Waals surface area contributed by atoms with Gasteiger partial charge in [-0.05, 0) is 24.5 Å². The van der Waals surface area contributed by atoms with E-state index in [1.54, 1.807) is 0 Å². The Hall–Kier alpha value is -1.26. The monoisotopic (exact) mass is 345 g/mol. The molecule has 3 rings (SSSR count). The van der Waals surface area contributed by atoms with Gasteiger partial charge in [0.15, 0.2) is 5.82 Å². The van der Waals surface area contributed by atoms with E-state index in [4.69, 9.17) is 9.97 Å². The number of hydrogen-bond donors (Lipinski definition) is 1. The summed E-state index contributed by atoms with van der Waals surface area (Å²) in [6.07, 6.45) is 0.984. The summed E-state index contributed by atoms with van der Waals surface area (Å²) >= 11 is 3.60. The smallest absolute Gasteiger partial charge is 0.159 e. The van der Waals surface area contributed by atoms with E-state index in [1.807, 2.05) is 0 Å². The molecule has 1 aliphatic rings. The lowest BCUT2D eigenvalue weighted by Crippen LogP contribution is -2.27. The number of nitrogens with one attached hydrogen (secondary N) is 1. The third kappa shape index (κ3) is 2.87. The van der Waals surface area contributed by atoms with Crippen LogP contribution in [0.4, 0.5) is 0 Å². The van der Waals surface area contributed by atoms with Crippen molar-refractivity contribution in [2.45, 2.75) is 39.7 Å². The number of aryl methyl sites for hydroxylation is 1. The zero-order valence-electron chi connectivity index (χ0n) is 12.7. The molecule has 0 saturated carbocycles. The number of nitrogens with zero attached hydrogens (tertiary/aromatic N) is 2. The highest BCUT2D eigenvalue weighted by molar-refractivity contribution is 9.10. The number of benzene rings is 1. The van der Waals surface area contributed by atoms with Crippen molar-refractivity contribution in [1.29, 1.82) is 0 Å². The Labute approximate surface area is 134 Å². The summed E-state index contributed by atoms with van der Waals surface area (Å²) in [5, 5.41) is 3.42. The third-order valence-corrected chi connectivity index (χ3v) is 4.80. The Balaban J connectivity index is 2.14. The first-order chi connectivity index (χ1) is 10.1. The fourth-order valence-corrected chi connectivity index (χ4v) is 3.09. The molecule has 0 aliphatic carbocycles. The summed E-state index contributed by atoms with van der Waals surface area (Å²) in [6, 6.07) is 6.33. The van der Waals surface area contributed by atoms with Crippen LogP contribution in [0, 0.1) is 6.92 Å². The van der Waals surface area contributed by atoms with E-state index in [2.05, 4.69) is 60.2 Å². The highest BCUT2D eigenvalue weighted by Gasteiger charge is 2.19. The Bertz CT molecular complexity index is 680. The van der Waals surface area contributed by atoms with Gasteiger partial charge in [0.2, 0.25) is 0 Å². The van der Waals surface area contributed by atoms with Crippen LogP contribution in [0.25, 0.3) is 11.4 Å². The maximum Gasteiger partial charge on any atom is 0.159 e. The van der Waals surface area contributed by atoms with Gasteiger partial charge in [-0.3, -0.25) is 0 Å². The molecular weight excluding hydrogens is 326 g/mol. The van der Waals surface area contributed by atoms with Crippen molar-refractivity contribution >= 4 is 15.9 Å². The lowest BCUT2D eigenvalue weighted by molar-refractivity contribution is 0.609. The number of aromatic nitrogens is 2. The standard InChI is InChI=1S/C17H20BrN3/c1-10(2)16-13-9-19-7-6-15(13)20-17(21-16)12-5-4-11(3)14(18)8-12/h4-5,8,10,19H,6-7,9H2,1-3H3. The summed E-state index contributed by atoms with van der Waals surface area (Å²) < 4.78 is 1.11. The molecular formula is C17H20BrN3. The molecule has 0 atom stereocenters. The van der Waals surface area contributed by atoms with Gasteiger partial charge < -0.3 is 5.32 Å². The zero-order valence-corrected chi connectivity index (χ0v) is 14.3. The van der Waals surface area contributed by atoms with Crippen molar-refractivity contribution in [1.82, 2.24) is 15.3 Å². The molecule has 1 aromatic heterocycles. The van der Waals surface area contributed by atoms with E-state index < -0.39 is 0 Å². The molecule has 0 bridgehead atoms. The SMILES string of the molecule is Cc1ccc(-c2nc3c(c(C(C)C)n2)CNCC3)cc1Br. The minimum atomic E-state index is 0.411. The van der Waals surface area contributed by atoms with E-state index in [9.17, 15) is 0 Å². The van der Waals surface area contributed by atoms with Crippen molar-refractivity contribution in [3.05, 3.63) is 45.2 Å². The number of rotatable bonds is 2. The van der Waals surface area contributed by atoms with Crippen molar-refractivity contribution < 1.29 is 0 Å². The van der Waals surface area contributed by atoms with Crippen LogP contribution in [0.2, 0.25) is 0 Å². The third-order valence-electron chi connectivity index (χ3n) is 3.94. The molecule has 0 spiro atoms. The summed E-state index contributed by atoms with van der Waals surface area (Å²) in [6.45, 7) is 8.38. The number of fused-ring (bicyclic) bond motifs is 1. The normalized spacial score (nSPS) is 14.3. The molecule has 0 fully saturated rings. The van der Waals surface area contributed by atoms with Gasteiger partial charge in [-0.1, -0.05) is 41.9 Å². The molecule has 0 saturated heterocycles. The quantitative estimate of drug-likeness (QED) is 0.894. The predicted molar refractivity (Wildman–Crippen MR) is 89.4 cm³/mol. The Morgan fingerprint density at radius 1 is 1.24 bits per heavy atom. The molecule has 4 heteroatoms. The van der Waals surface area contributed by atoms with Crippen LogP contribution in [0.3, 0.4) is 0 Å². The molecule has 21 heavy (non-hydrogen) atoms. The largest absolute Gasteiger partial charge is 0.312 e. The fraction of sp³-hybridized carbons (Fsp3) is 0.412. The van der Waals surface area contributed by atoms with Gasteiger partial charge in [0, 0.05) is 35.1 Å². The van der Waals surface area contributed by atoms with Crippen LogP contribution in [-0.2, 0) is 13.0 Å². The Kier molecular flexibility index (Phi) is 4.09. The second kappa shape index (κ2) is 5.85. The maximum atomic E-state index is 4.85. The second-order valence-corrected chi connectivity index (χ2v) is 6.76. The first-order valence-electron chi connectivity index (χ1n) is 7.43. The average molecular weight is 346 g/mol. The van der Waals surface area contributed by atoms with E-state index in [-0.39, 0.29) is 0 Å². The molecule has 1 aromatic carbocycles. The predicted octanol–water partition coefficient (Wildman–Crippen LogP) is 3.98. The van der Waals surface area contributed by atoms with Gasteiger partial charge in [0.05, 0.1) is 11.4 Å². The van der Waals surface area contributed by atoms with Crippen LogP contribution in [0.5, 0.6) is 0 Å².